The maximum atomic E-state index is 12.9. The molecule has 0 aliphatic rings. The first-order chi connectivity index (χ1) is 7.24. The third-order valence-electron chi connectivity index (χ3n) is 2.02. The first-order valence-corrected chi connectivity index (χ1v) is 4.49. The number of hydrogen-bond acceptors (Lipinski definition) is 1. The number of halogens is 5. The van der Waals surface area contributed by atoms with Crippen LogP contribution in [0.25, 0.3) is 0 Å². The number of rotatable bonds is 3. The Bertz CT molecular complexity index is 358. The molecule has 0 fully saturated rings. The average Bonchev–Trinajstić information content (AvgIpc) is 2.16. The van der Waals surface area contributed by atoms with Gasteiger partial charge in [0, 0.05) is 6.42 Å². The molecular formula is C10H10F5N. The molecule has 0 saturated heterocycles. The molecule has 0 aliphatic heterocycles. The highest BCUT2D eigenvalue weighted by molar-refractivity contribution is 5.26. The Morgan fingerprint density at radius 3 is 2.19 bits per heavy atom. The Kier molecular flexibility index (Phi) is 3.52. The van der Waals surface area contributed by atoms with Crippen molar-refractivity contribution in [3.8, 4) is 0 Å². The third-order valence-corrected chi connectivity index (χ3v) is 2.02. The second-order valence-corrected chi connectivity index (χ2v) is 3.43. The van der Waals surface area contributed by atoms with Crippen molar-refractivity contribution in [2.45, 2.75) is 18.5 Å². The second-order valence-electron chi connectivity index (χ2n) is 3.43. The van der Waals surface area contributed by atoms with Crippen LogP contribution in [0.2, 0.25) is 0 Å². The SMILES string of the molecule is NCC(F)(F)Cc1cccc(C(F)(F)F)c1. The van der Waals surface area contributed by atoms with E-state index in [9.17, 15) is 22.0 Å². The van der Waals surface area contributed by atoms with Crippen molar-refractivity contribution >= 4 is 0 Å². The van der Waals surface area contributed by atoms with Gasteiger partial charge in [0.2, 0.25) is 0 Å². The lowest BCUT2D eigenvalue weighted by Crippen LogP contribution is -2.30. The number of alkyl halides is 5. The van der Waals surface area contributed by atoms with Gasteiger partial charge in [-0.05, 0) is 11.6 Å². The van der Waals surface area contributed by atoms with Crippen LogP contribution >= 0.6 is 0 Å². The fourth-order valence-corrected chi connectivity index (χ4v) is 1.23. The van der Waals surface area contributed by atoms with Crippen LogP contribution in [0.15, 0.2) is 24.3 Å². The molecule has 0 spiro atoms. The van der Waals surface area contributed by atoms with Gasteiger partial charge in [-0.1, -0.05) is 18.2 Å². The van der Waals surface area contributed by atoms with E-state index in [4.69, 9.17) is 5.73 Å². The number of nitrogens with two attached hydrogens (primary N) is 1. The minimum absolute atomic E-state index is 0.0784. The zero-order valence-corrected chi connectivity index (χ0v) is 8.19. The lowest BCUT2D eigenvalue weighted by molar-refractivity contribution is -0.137. The summed E-state index contributed by atoms with van der Waals surface area (Å²) in [5.74, 6) is -3.18. The summed E-state index contributed by atoms with van der Waals surface area (Å²) in [5, 5.41) is 0. The van der Waals surface area contributed by atoms with E-state index < -0.39 is 30.6 Å². The van der Waals surface area contributed by atoms with Crippen LogP contribution in [0, 0.1) is 0 Å². The zero-order chi connectivity index (χ0) is 12.4. The van der Waals surface area contributed by atoms with Gasteiger partial charge in [-0.15, -0.1) is 0 Å². The molecular weight excluding hydrogens is 229 g/mol. The lowest BCUT2D eigenvalue weighted by atomic mass is 10.0. The lowest BCUT2D eigenvalue weighted by Gasteiger charge is -2.14. The molecule has 0 radical (unpaired) electrons. The van der Waals surface area contributed by atoms with Crippen molar-refractivity contribution in [3.63, 3.8) is 0 Å². The van der Waals surface area contributed by atoms with E-state index in [2.05, 4.69) is 0 Å². The monoisotopic (exact) mass is 239 g/mol. The molecule has 1 aromatic rings. The summed E-state index contributed by atoms with van der Waals surface area (Å²) in [6, 6.07) is 3.87. The molecule has 0 heterocycles. The number of hydrogen-bond donors (Lipinski definition) is 1. The van der Waals surface area contributed by atoms with Gasteiger partial charge in [0.1, 0.15) is 0 Å². The summed E-state index contributed by atoms with van der Waals surface area (Å²) in [7, 11) is 0. The fraction of sp³-hybridized carbons (Fsp3) is 0.400. The minimum atomic E-state index is -4.52. The summed E-state index contributed by atoms with van der Waals surface area (Å²) in [6.07, 6.45) is -5.30. The molecule has 0 saturated carbocycles. The zero-order valence-electron chi connectivity index (χ0n) is 8.19. The van der Waals surface area contributed by atoms with Gasteiger partial charge in [0.15, 0.2) is 0 Å². The smallest absolute Gasteiger partial charge is 0.325 e. The van der Waals surface area contributed by atoms with Crippen molar-refractivity contribution in [1.29, 1.82) is 0 Å². The van der Waals surface area contributed by atoms with E-state index >= 15 is 0 Å². The minimum Gasteiger partial charge on any atom is -0.325 e. The summed E-state index contributed by atoms with van der Waals surface area (Å²) in [6.45, 7) is -0.886. The van der Waals surface area contributed by atoms with Crippen LogP contribution in [0.3, 0.4) is 0 Å². The van der Waals surface area contributed by atoms with Gasteiger partial charge >= 0.3 is 6.18 Å². The van der Waals surface area contributed by atoms with E-state index in [-0.39, 0.29) is 5.56 Å². The Hall–Kier alpha value is -1.17. The molecule has 16 heavy (non-hydrogen) atoms. The van der Waals surface area contributed by atoms with Gasteiger partial charge in [0.05, 0.1) is 12.1 Å². The van der Waals surface area contributed by atoms with Crippen molar-refractivity contribution in [2.75, 3.05) is 6.54 Å². The molecule has 90 valence electrons. The van der Waals surface area contributed by atoms with E-state index in [1.165, 1.54) is 6.07 Å². The molecule has 1 aromatic carbocycles. The first-order valence-electron chi connectivity index (χ1n) is 4.49. The average molecular weight is 239 g/mol. The van der Waals surface area contributed by atoms with E-state index in [1.807, 2.05) is 0 Å². The Morgan fingerprint density at radius 2 is 1.69 bits per heavy atom. The predicted octanol–water partition coefficient (Wildman–Crippen LogP) is 2.84. The van der Waals surface area contributed by atoms with E-state index in [0.717, 1.165) is 12.1 Å². The molecule has 2 N–H and O–H groups in total. The molecule has 0 unspecified atom stereocenters. The molecule has 0 aliphatic carbocycles. The van der Waals surface area contributed by atoms with Gasteiger partial charge < -0.3 is 5.73 Å². The molecule has 0 amide bonds. The second kappa shape index (κ2) is 4.37. The van der Waals surface area contributed by atoms with Crippen molar-refractivity contribution in [3.05, 3.63) is 35.4 Å². The Balaban J connectivity index is 2.92. The van der Waals surface area contributed by atoms with Crippen LogP contribution in [0.4, 0.5) is 22.0 Å². The highest BCUT2D eigenvalue weighted by Gasteiger charge is 2.32. The Morgan fingerprint density at radius 1 is 1.06 bits per heavy atom. The maximum absolute atomic E-state index is 12.9. The standard InChI is InChI=1S/C10H10F5N/c11-9(12,6-16)5-7-2-1-3-8(4-7)10(13,14)15/h1-4H,5-6,16H2. The topological polar surface area (TPSA) is 26.0 Å². The van der Waals surface area contributed by atoms with Gasteiger partial charge in [-0.25, -0.2) is 8.78 Å². The van der Waals surface area contributed by atoms with Gasteiger partial charge in [0.25, 0.3) is 5.92 Å². The molecule has 0 atom stereocenters. The third kappa shape index (κ3) is 3.44. The first kappa shape index (κ1) is 12.9. The van der Waals surface area contributed by atoms with E-state index in [1.54, 1.807) is 0 Å². The molecule has 6 heteroatoms. The summed E-state index contributed by atoms with van der Waals surface area (Å²) in [4.78, 5) is 0. The predicted molar refractivity (Wildman–Crippen MR) is 49.1 cm³/mol. The van der Waals surface area contributed by atoms with Crippen molar-refractivity contribution < 1.29 is 22.0 Å². The van der Waals surface area contributed by atoms with Crippen molar-refractivity contribution in [1.82, 2.24) is 0 Å². The van der Waals surface area contributed by atoms with Crippen LogP contribution in [0.1, 0.15) is 11.1 Å². The molecule has 0 aromatic heterocycles. The summed E-state index contributed by atoms with van der Waals surface area (Å²) >= 11 is 0. The number of benzene rings is 1. The van der Waals surface area contributed by atoms with Crippen LogP contribution in [-0.2, 0) is 12.6 Å². The normalized spacial score (nSPS) is 12.9. The fourth-order valence-electron chi connectivity index (χ4n) is 1.23. The van der Waals surface area contributed by atoms with Crippen LogP contribution < -0.4 is 5.73 Å². The van der Waals surface area contributed by atoms with E-state index in [0.29, 0.717) is 6.07 Å². The van der Waals surface area contributed by atoms with Crippen molar-refractivity contribution in [2.24, 2.45) is 5.73 Å². The summed E-state index contributed by atoms with van der Waals surface area (Å²) in [5.41, 5.74) is 3.79. The Labute approximate surface area is 89.1 Å². The highest BCUT2D eigenvalue weighted by Crippen LogP contribution is 2.30. The quantitative estimate of drug-likeness (QED) is 0.806. The van der Waals surface area contributed by atoms with Gasteiger partial charge in [-0.2, -0.15) is 13.2 Å². The molecule has 1 nitrogen and oxygen atoms in total. The van der Waals surface area contributed by atoms with Gasteiger partial charge in [-0.3, -0.25) is 0 Å². The van der Waals surface area contributed by atoms with Crippen LogP contribution in [-0.4, -0.2) is 12.5 Å². The highest BCUT2D eigenvalue weighted by atomic mass is 19.4. The molecule has 0 bridgehead atoms. The largest absolute Gasteiger partial charge is 0.416 e. The maximum Gasteiger partial charge on any atom is 0.416 e. The molecule has 1 rings (SSSR count). The van der Waals surface area contributed by atoms with Crippen LogP contribution in [0.5, 0.6) is 0 Å². The summed E-state index contributed by atoms with van der Waals surface area (Å²) < 4.78 is 62.5.